The van der Waals surface area contributed by atoms with Crippen LogP contribution in [0.5, 0.6) is 0 Å². The van der Waals surface area contributed by atoms with Crippen LogP contribution in [0, 0.1) is 12.8 Å². The zero-order valence-electron chi connectivity index (χ0n) is 15.3. The van der Waals surface area contributed by atoms with E-state index in [1.165, 1.54) is 12.0 Å². The summed E-state index contributed by atoms with van der Waals surface area (Å²) >= 11 is 0. The SMILES string of the molecule is COCC(=O)N(CC(=O)NCC(=O)Nc1cccc(C)c1)CC(C)C. The van der Waals surface area contributed by atoms with E-state index in [-0.39, 0.29) is 43.3 Å². The Morgan fingerprint density at radius 3 is 2.52 bits per heavy atom. The quantitative estimate of drug-likeness (QED) is 0.701. The van der Waals surface area contributed by atoms with Gasteiger partial charge in [-0.2, -0.15) is 0 Å². The highest BCUT2D eigenvalue weighted by Gasteiger charge is 2.18. The summed E-state index contributed by atoms with van der Waals surface area (Å²) < 4.78 is 4.83. The molecule has 0 atom stereocenters. The van der Waals surface area contributed by atoms with Crippen LogP contribution < -0.4 is 10.6 Å². The number of benzene rings is 1. The molecule has 7 heteroatoms. The van der Waals surface area contributed by atoms with Gasteiger partial charge in [-0.3, -0.25) is 14.4 Å². The van der Waals surface area contributed by atoms with Gasteiger partial charge in [0.05, 0.1) is 13.1 Å². The fraction of sp³-hybridized carbons (Fsp3) is 0.500. The highest BCUT2D eigenvalue weighted by atomic mass is 16.5. The summed E-state index contributed by atoms with van der Waals surface area (Å²) in [6.45, 7) is 5.97. The van der Waals surface area contributed by atoms with Crippen molar-refractivity contribution in [1.29, 1.82) is 0 Å². The van der Waals surface area contributed by atoms with Crippen LogP contribution in [0.1, 0.15) is 19.4 Å². The van der Waals surface area contributed by atoms with Gasteiger partial charge in [-0.15, -0.1) is 0 Å². The van der Waals surface area contributed by atoms with E-state index >= 15 is 0 Å². The third kappa shape index (κ3) is 8.30. The average Bonchev–Trinajstić information content (AvgIpc) is 2.52. The Kier molecular flexibility index (Phi) is 8.63. The zero-order valence-corrected chi connectivity index (χ0v) is 15.3. The monoisotopic (exact) mass is 349 g/mol. The molecule has 7 nitrogen and oxygen atoms in total. The highest BCUT2D eigenvalue weighted by Crippen LogP contribution is 2.08. The van der Waals surface area contributed by atoms with E-state index in [0.717, 1.165) is 5.56 Å². The van der Waals surface area contributed by atoms with Gasteiger partial charge in [0.2, 0.25) is 17.7 Å². The van der Waals surface area contributed by atoms with Crippen LogP contribution in [0.15, 0.2) is 24.3 Å². The first-order valence-electron chi connectivity index (χ1n) is 8.21. The van der Waals surface area contributed by atoms with E-state index in [1.807, 2.05) is 39.0 Å². The molecule has 0 bridgehead atoms. The Bertz CT molecular complexity index is 602. The van der Waals surface area contributed by atoms with Gasteiger partial charge >= 0.3 is 0 Å². The van der Waals surface area contributed by atoms with E-state index in [0.29, 0.717) is 12.2 Å². The molecule has 0 radical (unpaired) electrons. The van der Waals surface area contributed by atoms with E-state index < -0.39 is 0 Å². The maximum atomic E-state index is 12.0. The standard InChI is InChI=1S/C18H27N3O4/c1-13(2)10-21(18(24)12-25-4)11-17(23)19-9-16(22)20-15-7-5-6-14(3)8-15/h5-8,13H,9-12H2,1-4H3,(H,19,23)(H,20,22). The predicted octanol–water partition coefficient (Wildman–Crippen LogP) is 1.18. The van der Waals surface area contributed by atoms with Gasteiger partial charge in [0.1, 0.15) is 6.61 Å². The van der Waals surface area contributed by atoms with E-state index in [2.05, 4.69) is 10.6 Å². The van der Waals surface area contributed by atoms with Gasteiger partial charge < -0.3 is 20.3 Å². The van der Waals surface area contributed by atoms with Crippen LogP contribution in [0.25, 0.3) is 0 Å². The molecule has 0 fully saturated rings. The summed E-state index contributed by atoms with van der Waals surface area (Å²) in [4.78, 5) is 37.3. The maximum absolute atomic E-state index is 12.0. The molecule has 0 unspecified atom stereocenters. The lowest BCUT2D eigenvalue weighted by Gasteiger charge is -2.23. The Labute approximate surface area is 148 Å². The zero-order chi connectivity index (χ0) is 18.8. The number of ether oxygens (including phenoxy) is 1. The van der Waals surface area contributed by atoms with Gasteiger partial charge in [-0.1, -0.05) is 26.0 Å². The Morgan fingerprint density at radius 1 is 1.20 bits per heavy atom. The second kappa shape index (κ2) is 10.5. The second-order valence-corrected chi connectivity index (χ2v) is 6.30. The Hall–Kier alpha value is -2.41. The molecule has 0 spiro atoms. The highest BCUT2D eigenvalue weighted by molar-refractivity contribution is 5.95. The second-order valence-electron chi connectivity index (χ2n) is 6.30. The number of hydrogen-bond acceptors (Lipinski definition) is 4. The predicted molar refractivity (Wildman–Crippen MR) is 96.1 cm³/mol. The number of methoxy groups -OCH3 is 1. The first kappa shape index (κ1) is 20.6. The van der Waals surface area contributed by atoms with Crippen molar-refractivity contribution in [2.75, 3.05) is 38.7 Å². The van der Waals surface area contributed by atoms with Crippen LogP contribution in [0.3, 0.4) is 0 Å². The van der Waals surface area contributed by atoms with Crippen LogP contribution in [-0.4, -0.2) is 56.0 Å². The fourth-order valence-electron chi connectivity index (χ4n) is 2.25. The van der Waals surface area contributed by atoms with Crippen molar-refractivity contribution < 1.29 is 19.1 Å². The molecule has 1 aromatic carbocycles. The Morgan fingerprint density at radius 2 is 1.92 bits per heavy atom. The summed E-state index contributed by atoms with van der Waals surface area (Å²) in [6, 6.07) is 7.39. The van der Waals surface area contributed by atoms with Gasteiger partial charge in [-0.25, -0.2) is 0 Å². The van der Waals surface area contributed by atoms with E-state index in [4.69, 9.17) is 4.74 Å². The minimum Gasteiger partial charge on any atom is -0.375 e. The van der Waals surface area contributed by atoms with Gasteiger partial charge in [0, 0.05) is 19.3 Å². The molecule has 0 saturated carbocycles. The smallest absolute Gasteiger partial charge is 0.249 e. The number of nitrogens with one attached hydrogen (secondary N) is 2. The molecule has 2 N–H and O–H groups in total. The molecule has 0 aliphatic carbocycles. The molecule has 25 heavy (non-hydrogen) atoms. The molecule has 1 aromatic rings. The van der Waals surface area contributed by atoms with Crippen molar-refractivity contribution in [3.05, 3.63) is 29.8 Å². The summed E-state index contributed by atoms with van der Waals surface area (Å²) in [7, 11) is 1.43. The summed E-state index contributed by atoms with van der Waals surface area (Å²) in [5.41, 5.74) is 1.71. The number of amides is 3. The number of hydrogen-bond donors (Lipinski definition) is 2. The maximum Gasteiger partial charge on any atom is 0.249 e. The largest absolute Gasteiger partial charge is 0.375 e. The lowest BCUT2D eigenvalue weighted by molar-refractivity contribution is -0.139. The van der Waals surface area contributed by atoms with Gasteiger partial charge in [-0.05, 0) is 30.5 Å². The first-order valence-corrected chi connectivity index (χ1v) is 8.21. The lowest BCUT2D eigenvalue weighted by atomic mass is 10.2. The van der Waals surface area contributed by atoms with Crippen LogP contribution in [0.2, 0.25) is 0 Å². The number of carbonyl (C=O) groups excluding carboxylic acids is 3. The average molecular weight is 349 g/mol. The molecule has 3 amide bonds. The molecule has 0 aliphatic heterocycles. The van der Waals surface area contributed by atoms with Crippen molar-refractivity contribution in [2.45, 2.75) is 20.8 Å². The first-order chi connectivity index (χ1) is 11.8. The third-order valence-corrected chi connectivity index (χ3v) is 3.29. The van der Waals surface area contributed by atoms with Gasteiger partial charge in [0.15, 0.2) is 0 Å². The van der Waals surface area contributed by atoms with Crippen molar-refractivity contribution in [2.24, 2.45) is 5.92 Å². The summed E-state index contributed by atoms with van der Waals surface area (Å²) in [5.74, 6) is -0.740. The van der Waals surface area contributed by atoms with Crippen molar-refractivity contribution in [3.63, 3.8) is 0 Å². The molecule has 0 aromatic heterocycles. The molecular weight excluding hydrogens is 322 g/mol. The van der Waals surface area contributed by atoms with Crippen molar-refractivity contribution in [1.82, 2.24) is 10.2 Å². The number of rotatable bonds is 9. The topological polar surface area (TPSA) is 87.7 Å². The Balaban J connectivity index is 2.47. The van der Waals surface area contributed by atoms with Crippen LogP contribution in [-0.2, 0) is 19.1 Å². The number of aryl methyl sites for hydroxylation is 1. The summed E-state index contributed by atoms with van der Waals surface area (Å²) in [6.07, 6.45) is 0. The van der Waals surface area contributed by atoms with Gasteiger partial charge in [0.25, 0.3) is 0 Å². The minimum absolute atomic E-state index is 0.0756. The molecule has 138 valence electrons. The summed E-state index contributed by atoms with van der Waals surface area (Å²) in [5, 5.41) is 5.24. The lowest BCUT2D eigenvalue weighted by Crippen LogP contribution is -2.45. The fourth-order valence-corrected chi connectivity index (χ4v) is 2.25. The number of nitrogens with zero attached hydrogens (tertiary/aromatic N) is 1. The van der Waals surface area contributed by atoms with Crippen molar-refractivity contribution >= 4 is 23.4 Å². The number of anilines is 1. The normalized spacial score (nSPS) is 10.4. The molecule has 1 rings (SSSR count). The molecule has 0 saturated heterocycles. The molecular formula is C18H27N3O4. The minimum atomic E-state index is -0.385. The van der Waals surface area contributed by atoms with E-state index in [9.17, 15) is 14.4 Å². The van der Waals surface area contributed by atoms with Crippen molar-refractivity contribution in [3.8, 4) is 0 Å². The van der Waals surface area contributed by atoms with E-state index in [1.54, 1.807) is 6.07 Å². The van der Waals surface area contributed by atoms with Crippen LogP contribution in [0.4, 0.5) is 5.69 Å². The van der Waals surface area contributed by atoms with Crippen LogP contribution >= 0.6 is 0 Å². The third-order valence-electron chi connectivity index (χ3n) is 3.29. The molecule has 0 aliphatic rings. The molecule has 0 heterocycles. The number of carbonyl (C=O) groups is 3.